The number of aromatic nitrogens is 3. The summed E-state index contributed by atoms with van der Waals surface area (Å²) in [6.07, 6.45) is 0. The van der Waals surface area contributed by atoms with Crippen LogP contribution >= 0.6 is 11.8 Å². The zero-order valence-corrected chi connectivity index (χ0v) is 19.9. The first kappa shape index (κ1) is 22.6. The molecule has 1 heterocycles. The summed E-state index contributed by atoms with van der Waals surface area (Å²) < 4.78 is 7.52. The van der Waals surface area contributed by atoms with E-state index in [1.54, 1.807) is 7.11 Å². The topological polar surface area (TPSA) is 69.0 Å². The van der Waals surface area contributed by atoms with Crippen LogP contribution in [0.25, 0.3) is 17.1 Å². The Morgan fingerprint density at radius 1 is 0.939 bits per heavy atom. The molecule has 4 aromatic rings. The molecule has 0 fully saturated rings. The summed E-state index contributed by atoms with van der Waals surface area (Å²) in [5.74, 6) is 1.28. The van der Waals surface area contributed by atoms with E-state index in [-0.39, 0.29) is 11.2 Å². The zero-order chi connectivity index (χ0) is 23.4. The zero-order valence-electron chi connectivity index (χ0n) is 19.1. The Bertz CT molecular complexity index is 1250. The number of carbonyl (C=O) groups is 1. The van der Waals surface area contributed by atoms with Gasteiger partial charge in [0.1, 0.15) is 5.75 Å². The standard InChI is InChI=1S/C26H26N4O2S/c1-17-11-10-12-18(2)23(17)27-25(31)19(3)33-26-29-28-24(21-15-8-9-16-22(21)32-4)30(26)20-13-6-5-7-14-20/h5-16,19H,1-4H3,(H,27,31)/t19-/m1/s1. The maximum absolute atomic E-state index is 13.0. The van der Waals surface area contributed by atoms with E-state index in [1.165, 1.54) is 11.8 Å². The van der Waals surface area contributed by atoms with Crippen molar-refractivity contribution in [1.29, 1.82) is 0 Å². The molecule has 6 nitrogen and oxygen atoms in total. The number of hydrogen-bond acceptors (Lipinski definition) is 5. The number of methoxy groups -OCH3 is 1. The van der Waals surface area contributed by atoms with Gasteiger partial charge in [0, 0.05) is 11.4 Å². The second kappa shape index (κ2) is 9.92. The SMILES string of the molecule is COc1ccccc1-c1nnc(S[C@H](C)C(=O)Nc2c(C)cccc2C)n1-c1ccccc1. The molecule has 1 amide bonds. The monoisotopic (exact) mass is 458 g/mol. The Hall–Kier alpha value is -3.58. The Labute approximate surface area is 198 Å². The van der Waals surface area contributed by atoms with Gasteiger partial charge in [-0.15, -0.1) is 10.2 Å². The van der Waals surface area contributed by atoms with Crippen molar-refractivity contribution < 1.29 is 9.53 Å². The predicted molar refractivity (Wildman–Crippen MR) is 133 cm³/mol. The first-order chi connectivity index (χ1) is 16.0. The number of anilines is 1. The van der Waals surface area contributed by atoms with Gasteiger partial charge in [0.05, 0.1) is 17.9 Å². The fourth-order valence-electron chi connectivity index (χ4n) is 3.61. The highest BCUT2D eigenvalue weighted by Crippen LogP contribution is 2.34. The van der Waals surface area contributed by atoms with Crippen LogP contribution in [-0.2, 0) is 4.79 Å². The van der Waals surface area contributed by atoms with Crippen LogP contribution in [0.1, 0.15) is 18.1 Å². The van der Waals surface area contributed by atoms with Gasteiger partial charge in [0.15, 0.2) is 11.0 Å². The summed E-state index contributed by atoms with van der Waals surface area (Å²) in [6.45, 7) is 5.86. The molecule has 0 aliphatic rings. The van der Waals surface area contributed by atoms with E-state index in [0.717, 1.165) is 28.1 Å². The van der Waals surface area contributed by atoms with Crippen LogP contribution in [0.3, 0.4) is 0 Å². The van der Waals surface area contributed by atoms with Crippen LogP contribution in [0.2, 0.25) is 0 Å². The summed E-state index contributed by atoms with van der Waals surface area (Å²) >= 11 is 1.37. The predicted octanol–water partition coefficient (Wildman–Crippen LogP) is 5.68. The van der Waals surface area contributed by atoms with Crippen molar-refractivity contribution in [1.82, 2.24) is 14.8 Å². The van der Waals surface area contributed by atoms with Gasteiger partial charge in [0.2, 0.25) is 5.91 Å². The van der Waals surface area contributed by atoms with Gasteiger partial charge in [-0.2, -0.15) is 0 Å². The van der Waals surface area contributed by atoms with Crippen LogP contribution in [0, 0.1) is 13.8 Å². The first-order valence-corrected chi connectivity index (χ1v) is 11.6. The van der Waals surface area contributed by atoms with Crippen molar-refractivity contribution in [3.05, 3.63) is 83.9 Å². The number of ether oxygens (including phenoxy) is 1. The molecule has 33 heavy (non-hydrogen) atoms. The molecule has 1 N–H and O–H groups in total. The van der Waals surface area contributed by atoms with Gasteiger partial charge in [-0.25, -0.2) is 0 Å². The number of aryl methyl sites for hydroxylation is 2. The van der Waals surface area contributed by atoms with Crippen LogP contribution in [0.4, 0.5) is 5.69 Å². The van der Waals surface area contributed by atoms with Gasteiger partial charge in [0.25, 0.3) is 0 Å². The average Bonchev–Trinajstić information content (AvgIpc) is 3.25. The Morgan fingerprint density at radius 2 is 1.61 bits per heavy atom. The van der Waals surface area contributed by atoms with E-state index in [4.69, 9.17) is 4.74 Å². The summed E-state index contributed by atoms with van der Waals surface area (Å²) in [5.41, 5.74) is 4.66. The minimum atomic E-state index is -0.388. The van der Waals surface area contributed by atoms with E-state index in [9.17, 15) is 4.79 Å². The molecule has 0 bridgehead atoms. The van der Waals surface area contributed by atoms with Gasteiger partial charge < -0.3 is 10.1 Å². The molecule has 0 radical (unpaired) electrons. The molecule has 0 unspecified atom stereocenters. The van der Waals surface area contributed by atoms with Crippen LogP contribution in [0.15, 0.2) is 78.0 Å². The number of thioether (sulfide) groups is 1. The molecule has 0 saturated heterocycles. The Morgan fingerprint density at radius 3 is 2.30 bits per heavy atom. The first-order valence-electron chi connectivity index (χ1n) is 10.7. The number of amides is 1. The molecule has 3 aromatic carbocycles. The van der Waals surface area contributed by atoms with E-state index in [2.05, 4.69) is 15.5 Å². The van der Waals surface area contributed by atoms with E-state index < -0.39 is 0 Å². The molecular formula is C26H26N4O2S. The number of rotatable bonds is 7. The average molecular weight is 459 g/mol. The third-order valence-electron chi connectivity index (χ3n) is 5.38. The Balaban J connectivity index is 1.68. The van der Waals surface area contributed by atoms with Crippen molar-refractivity contribution in [3.63, 3.8) is 0 Å². The molecule has 168 valence electrons. The number of nitrogens with zero attached hydrogens (tertiary/aromatic N) is 3. The minimum Gasteiger partial charge on any atom is -0.496 e. The third kappa shape index (κ3) is 4.78. The molecule has 1 aromatic heterocycles. The van der Waals surface area contributed by atoms with Crippen LogP contribution < -0.4 is 10.1 Å². The normalized spacial score (nSPS) is 11.8. The number of hydrogen-bond donors (Lipinski definition) is 1. The molecule has 0 aliphatic heterocycles. The molecule has 7 heteroatoms. The van der Waals surface area contributed by atoms with Crippen molar-refractivity contribution >= 4 is 23.4 Å². The number of para-hydroxylation sites is 3. The van der Waals surface area contributed by atoms with Gasteiger partial charge >= 0.3 is 0 Å². The lowest BCUT2D eigenvalue weighted by atomic mass is 10.1. The molecule has 1 atom stereocenters. The summed E-state index contributed by atoms with van der Waals surface area (Å²) in [6, 6.07) is 23.6. The van der Waals surface area contributed by atoms with Crippen LogP contribution in [-0.4, -0.2) is 33.0 Å². The summed E-state index contributed by atoms with van der Waals surface area (Å²) in [7, 11) is 1.64. The van der Waals surface area contributed by atoms with E-state index in [1.807, 2.05) is 98.1 Å². The molecule has 0 saturated carbocycles. The second-order valence-electron chi connectivity index (χ2n) is 7.69. The quantitative estimate of drug-likeness (QED) is 0.361. The van der Waals surface area contributed by atoms with Crippen LogP contribution in [0.5, 0.6) is 5.75 Å². The number of nitrogens with one attached hydrogen (secondary N) is 1. The van der Waals surface area contributed by atoms with Crippen molar-refractivity contribution in [2.45, 2.75) is 31.2 Å². The summed E-state index contributed by atoms with van der Waals surface area (Å²) in [4.78, 5) is 13.0. The van der Waals surface area contributed by atoms with Gasteiger partial charge in [-0.05, 0) is 56.2 Å². The molecule has 0 spiro atoms. The summed E-state index contributed by atoms with van der Waals surface area (Å²) in [5, 5.41) is 12.2. The maximum atomic E-state index is 13.0. The van der Waals surface area contributed by atoms with E-state index in [0.29, 0.717) is 16.7 Å². The fourth-order valence-corrected chi connectivity index (χ4v) is 4.48. The highest BCUT2D eigenvalue weighted by molar-refractivity contribution is 8.00. The van der Waals surface area contributed by atoms with Gasteiger partial charge in [-0.1, -0.05) is 60.3 Å². The number of carbonyl (C=O) groups excluding carboxylic acids is 1. The Kier molecular flexibility index (Phi) is 6.79. The van der Waals surface area contributed by atoms with Crippen molar-refractivity contribution in [2.24, 2.45) is 0 Å². The second-order valence-corrected chi connectivity index (χ2v) is 9.00. The van der Waals surface area contributed by atoms with Gasteiger partial charge in [-0.3, -0.25) is 9.36 Å². The molecule has 0 aliphatic carbocycles. The lowest BCUT2D eigenvalue weighted by Gasteiger charge is -2.16. The van der Waals surface area contributed by atoms with Crippen molar-refractivity contribution in [2.75, 3.05) is 12.4 Å². The molecule has 4 rings (SSSR count). The highest BCUT2D eigenvalue weighted by Gasteiger charge is 2.23. The largest absolute Gasteiger partial charge is 0.496 e. The van der Waals surface area contributed by atoms with E-state index >= 15 is 0 Å². The lowest BCUT2D eigenvalue weighted by Crippen LogP contribution is -2.23. The maximum Gasteiger partial charge on any atom is 0.237 e. The minimum absolute atomic E-state index is 0.0844. The highest BCUT2D eigenvalue weighted by atomic mass is 32.2. The lowest BCUT2D eigenvalue weighted by molar-refractivity contribution is -0.115. The van der Waals surface area contributed by atoms with Crippen molar-refractivity contribution in [3.8, 4) is 22.8 Å². The molecular weight excluding hydrogens is 432 g/mol. The number of benzene rings is 3. The smallest absolute Gasteiger partial charge is 0.237 e. The fraction of sp³-hybridized carbons (Fsp3) is 0.192. The third-order valence-corrected chi connectivity index (χ3v) is 6.42.